The monoisotopic (exact) mass is 374 g/mol. The first-order valence-corrected chi connectivity index (χ1v) is 7.97. The van der Waals surface area contributed by atoms with Crippen molar-refractivity contribution in [3.8, 4) is 11.5 Å². The van der Waals surface area contributed by atoms with Crippen LogP contribution in [0.2, 0.25) is 0 Å². The fourth-order valence-electron chi connectivity index (χ4n) is 2.13. The van der Waals surface area contributed by atoms with Gasteiger partial charge in [0.25, 0.3) is 11.6 Å². The highest BCUT2D eigenvalue weighted by molar-refractivity contribution is 5.94. The van der Waals surface area contributed by atoms with Gasteiger partial charge in [-0.25, -0.2) is 4.79 Å². The van der Waals surface area contributed by atoms with E-state index < -0.39 is 16.8 Å². The highest BCUT2D eigenvalue weighted by atomic mass is 16.6. The Morgan fingerprint density at radius 2 is 1.78 bits per heavy atom. The summed E-state index contributed by atoms with van der Waals surface area (Å²) in [6, 6.07) is 10.2. The minimum Gasteiger partial charge on any atom is -0.496 e. The fraction of sp³-hybridized carbons (Fsp3) is 0.222. The van der Waals surface area contributed by atoms with Gasteiger partial charge in [-0.05, 0) is 43.3 Å². The summed E-state index contributed by atoms with van der Waals surface area (Å²) in [6.45, 7) is 1.62. The summed E-state index contributed by atoms with van der Waals surface area (Å²) in [5, 5.41) is 13.5. The Morgan fingerprint density at radius 1 is 1.11 bits per heavy atom. The molecule has 0 aliphatic carbocycles. The highest BCUT2D eigenvalue weighted by Crippen LogP contribution is 2.28. The number of hydrogen-bond donors (Lipinski definition) is 1. The van der Waals surface area contributed by atoms with Gasteiger partial charge in [-0.3, -0.25) is 14.9 Å². The standard InChI is InChI=1S/C18H18N2O7/c1-3-26-18(22)12-4-6-13(7-5-12)27-11-17(21)19-15-9-8-14(25-2)10-16(15)20(23)24/h4-10H,3,11H2,1-2H3,(H,19,21). The Morgan fingerprint density at radius 3 is 2.37 bits per heavy atom. The summed E-state index contributed by atoms with van der Waals surface area (Å²) in [4.78, 5) is 34.1. The van der Waals surface area contributed by atoms with E-state index in [-0.39, 0.29) is 24.6 Å². The molecule has 2 aromatic rings. The van der Waals surface area contributed by atoms with Crippen LogP contribution in [0.3, 0.4) is 0 Å². The van der Waals surface area contributed by atoms with Crippen molar-refractivity contribution in [2.45, 2.75) is 6.92 Å². The molecule has 0 unspecified atom stereocenters. The van der Waals surface area contributed by atoms with E-state index in [0.717, 1.165) is 0 Å². The molecule has 0 aliphatic rings. The van der Waals surface area contributed by atoms with E-state index in [4.69, 9.17) is 14.2 Å². The lowest BCUT2D eigenvalue weighted by Gasteiger charge is -2.09. The number of hydrogen-bond acceptors (Lipinski definition) is 7. The number of benzene rings is 2. The average Bonchev–Trinajstić information content (AvgIpc) is 2.67. The van der Waals surface area contributed by atoms with E-state index in [1.54, 1.807) is 6.92 Å². The van der Waals surface area contributed by atoms with Crippen LogP contribution in [0.25, 0.3) is 0 Å². The number of nitro groups is 1. The molecule has 27 heavy (non-hydrogen) atoms. The largest absolute Gasteiger partial charge is 0.496 e. The van der Waals surface area contributed by atoms with Crippen molar-refractivity contribution >= 4 is 23.3 Å². The number of carbonyl (C=O) groups excluding carboxylic acids is 2. The van der Waals surface area contributed by atoms with Gasteiger partial charge in [-0.1, -0.05) is 0 Å². The van der Waals surface area contributed by atoms with Crippen molar-refractivity contribution in [1.29, 1.82) is 0 Å². The van der Waals surface area contributed by atoms with Crippen LogP contribution in [-0.2, 0) is 9.53 Å². The van der Waals surface area contributed by atoms with Crippen LogP contribution < -0.4 is 14.8 Å². The first-order valence-electron chi connectivity index (χ1n) is 7.97. The van der Waals surface area contributed by atoms with Crippen molar-refractivity contribution in [1.82, 2.24) is 0 Å². The van der Waals surface area contributed by atoms with Gasteiger partial charge in [0.2, 0.25) is 0 Å². The number of nitrogens with zero attached hydrogens (tertiary/aromatic N) is 1. The first-order chi connectivity index (χ1) is 12.9. The minimum atomic E-state index is -0.618. The quantitative estimate of drug-likeness (QED) is 0.429. The molecule has 142 valence electrons. The number of amides is 1. The van der Waals surface area contributed by atoms with Crippen molar-refractivity contribution in [3.63, 3.8) is 0 Å². The topological polar surface area (TPSA) is 117 Å². The SMILES string of the molecule is CCOC(=O)c1ccc(OCC(=O)Nc2ccc(OC)cc2[N+](=O)[O-])cc1. The molecule has 0 atom stereocenters. The van der Waals surface area contributed by atoms with E-state index in [2.05, 4.69) is 5.32 Å². The van der Waals surface area contributed by atoms with E-state index in [9.17, 15) is 19.7 Å². The molecule has 0 aromatic heterocycles. The average molecular weight is 374 g/mol. The van der Waals surface area contributed by atoms with Crippen molar-refractivity contribution in [2.24, 2.45) is 0 Å². The molecule has 1 amide bonds. The Balaban J connectivity index is 1.97. The third-order valence-corrected chi connectivity index (χ3v) is 3.41. The molecule has 0 saturated carbocycles. The lowest BCUT2D eigenvalue weighted by molar-refractivity contribution is -0.384. The summed E-state index contributed by atoms with van der Waals surface area (Å²) < 4.78 is 15.1. The Kier molecular flexibility index (Phi) is 6.70. The van der Waals surface area contributed by atoms with Gasteiger partial charge in [0.1, 0.15) is 17.2 Å². The molecule has 0 spiro atoms. The van der Waals surface area contributed by atoms with Crippen molar-refractivity contribution < 1.29 is 28.7 Å². The van der Waals surface area contributed by atoms with E-state index in [1.807, 2.05) is 0 Å². The maximum atomic E-state index is 12.0. The number of esters is 1. The molecule has 2 aromatic carbocycles. The molecule has 1 N–H and O–H groups in total. The van der Waals surface area contributed by atoms with Crippen LogP contribution in [0.5, 0.6) is 11.5 Å². The number of carbonyl (C=O) groups is 2. The van der Waals surface area contributed by atoms with Gasteiger partial charge in [-0.15, -0.1) is 0 Å². The number of rotatable bonds is 8. The molecule has 0 bridgehead atoms. The number of nitro benzene ring substituents is 1. The zero-order valence-corrected chi connectivity index (χ0v) is 14.8. The maximum absolute atomic E-state index is 12.0. The predicted molar refractivity (Wildman–Crippen MR) is 96.2 cm³/mol. The Hall–Kier alpha value is -3.62. The molecule has 0 saturated heterocycles. The lowest BCUT2D eigenvalue weighted by atomic mass is 10.2. The molecule has 9 heteroatoms. The number of methoxy groups -OCH3 is 1. The number of nitrogens with one attached hydrogen (secondary N) is 1. The maximum Gasteiger partial charge on any atom is 0.338 e. The van der Waals surface area contributed by atoms with Crippen LogP contribution in [0.4, 0.5) is 11.4 Å². The van der Waals surface area contributed by atoms with Gasteiger partial charge >= 0.3 is 5.97 Å². The van der Waals surface area contributed by atoms with Gasteiger partial charge in [0.05, 0.1) is 30.3 Å². The predicted octanol–water partition coefficient (Wildman–Crippen LogP) is 2.80. The van der Waals surface area contributed by atoms with E-state index in [0.29, 0.717) is 17.1 Å². The van der Waals surface area contributed by atoms with E-state index in [1.165, 1.54) is 49.6 Å². The molecule has 9 nitrogen and oxygen atoms in total. The van der Waals surface area contributed by atoms with Crippen LogP contribution in [-0.4, -0.2) is 37.1 Å². The Labute approximate surface area is 155 Å². The second-order valence-corrected chi connectivity index (χ2v) is 5.22. The van der Waals surface area contributed by atoms with Crippen LogP contribution in [0.1, 0.15) is 17.3 Å². The van der Waals surface area contributed by atoms with Crippen LogP contribution in [0.15, 0.2) is 42.5 Å². The Bertz CT molecular complexity index is 834. The molecular formula is C18H18N2O7. The normalized spacial score (nSPS) is 10.0. The second kappa shape index (κ2) is 9.18. The molecule has 2 rings (SSSR count). The molecular weight excluding hydrogens is 356 g/mol. The van der Waals surface area contributed by atoms with Crippen LogP contribution >= 0.6 is 0 Å². The third-order valence-electron chi connectivity index (χ3n) is 3.41. The summed E-state index contributed by atoms with van der Waals surface area (Å²) in [5.41, 5.74) is 0.107. The molecule has 0 radical (unpaired) electrons. The fourth-order valence-corrected chi connectivity index (χ4v) is 2.13. The third kappa shape index (κ3) is 5.43. The second-order valence-electron chi connectivity index (χ2n) is 5.22. The van der Waals surface area contributed by atoms with Gasteiger partial charge < -0.3 is 19.5 Å². The molecule has 0 heterocycles. The zero-order valence-electron chi connectivity index (χ0n) is 14.8. The highest BCUT2D eigenvalue weighted by Gasteiger charge is 2.17. The van der Waals surface area contributed by atoms with Crippen molar-refractivity contribution in [3.05, 3.63) is 58.1 Å². The van der Waals surface area contributed by atoms with E-state index >= 15 is 0 Å². The van der Waals surface area contributed by atoms with Gasteiger partial charge in [0, 0.05) is 0 Å². The van der Waals surface area contributed by atoms with Gasteiger partial charge in [-0.2, -0.15) is 0 Å². The molecule has 0 aliphatic heterocycles. The summed E-state index contributed by atoms with van der Waals surface area (Å²) in [6.07, 6.45) is 0. The van der Waals surface area contributed by atoms with Crippen LogP contribution in [0, 0.1) is 10.1 Å². The summed E-state index contributed by atoms with van der Waals surface area (Å²) in [7, 11) is 1.39. The lowest BCUT2D eigenvalue weighted by Crippen LogP contribution is -2.20. The summed E-state index contributed by atoms with van der Waals surface area (Å²) in [5.74, 6) is -0.355. The van der Waals surface area contributed by atoms with Gasteiger partial charge in [0.15, 0.2) is 6.61 Å². The van der Waals surface area contributed by atoms with Crippen molar-refractivity contribution in [2.75, 3.05) is 25.6 Å². The first kappa shape index (κ1) is 19.7. The summed E-state index contributed by atoms with van der Waals surface area (Å²) >= 11 is 0. The zero-order chi connectivity index (χ0) is 19.8. The minimum absolute atomic E-state index is 0.0343. The number of ether oxygens (including phenoxy) is 3. The smallest absolute Gasteiger partial charge is 0.338 e. The number of anilines is 1. The molecule has 0 fully saturated rings.